The maximum atomic E-state index is 4.77. The van der Waals surface area contributed by atoms with Crippen molar-refractivity contribution < 1.29 is 0 Å². The molecule has 28 heavy (non-hydrogen) atoms. The Labute approximate surface area is 167 Å². The molecule has 2 aromatic heterocycles. The van der Waals surface area contributed by atoms with E-state index >= 15 is 0 Å². The van der Waals surface area contributed by atoms with Crippen molar-refractivity contribution in [1.29, 1.82) is 0 Å². The molecule has 0 radical (unpaired) electrons. The predicted molar refractivity (Wildman–Crippen MR) is 113 cm³/mol. The van der Waals surface area contributed by atoms with Gasteiger partial charge >= 0.3 is 0 Å². The highest BCUT2D eigenvalue weighted by molar-refractivity contribution is 5.82. The summed E-state index contributed by atoms with van der Waals surface area (Å²) in [7, 11) is 2.20. The molecule has 148 valence electrons. The second kappa shape index (κ2) is 6.75. The van der Waals surface area contributed by atoms with E-state index in [0.29, 0.717) is 0 Å². The summed E-state index contributed by atoms with van der Waals surface area (Å²) in [6, 6.07) is 9.13. The third-order valence-electron chi connectivity index (χ3n) is 7.14. The molecule has 0 aliphatic carbocycles. The van der Waals surface area contributed by atoms with Gasteiger partial charge in [0.2, 0.25) is 0 Å². The number of likely N-dealkylation sites (tertiary alicyclic amines) is 1. The molecular weight excluding hydrogens is 346 g/mol. The summed E-state index contributed by atoms with van der Waals surface area (Å²) in [5.41, 5.74) is 6.89. The number of benzene rings is 1. The van der Waals surface area contributed by atoms with Gasteiger partial charge in [0.15, 0.2) is 0 Å². The molecule has 1 fully saturated rings. The molecule has 4 heterocycles. The molecular formula is C23H31N5. The minimum absolute atomic E-state index is 0.134. The first-order chi connectivity index (χ1) is 13.6. The van der Waals surface area contributed by atoms with E-state index in [1.54, 1.807) is 0 Å². The fourth-order valence-corrected chi connectivity index (χ4v) is 5.52. The highest BCUT2D eigenvalue weighted by Gasteiger charge is 2.45. The van der Waals surface area contributed by atoms with Gasteiger partial charge in [0, 0.05) is 61.9 Å². The molecule has 0 atom stereocenters. The van der Waals surface area contributed by atoms with Crippen LogP contribution < -0.4 is 0 Å². The molecule has 0 unspecified atom stereocenters. The van der Waals surface area contributed by atoms with E-state index in [9.17, 15) is 0 Å². The molecule has 5 rings (SSSR count). The lowest BCUT2D eigenvalue weighted by molar-refractivity contribution is 0.00665. The third-order valence-corrected chi connectivity index (χ3v) is 7.14. The van der Waals surface area contributed by atoms with Crippen molar-refractivity contribution in [2.24, 2.45) is 7.05 Å². The Morgan fingerprint density at radius 2 is 1.96 bits per heavy atom. The van der Waals surface area contributed by atoms with E-state index in [1.165, 1.54) is 46.4 Å². The maximum Gasteiger partial charge on any atom is 0.0926 e. The second-order valence-corrected chi connectivity index (χ2v) is 8.62. The fraction of sp³-hybridized carbons (Fsp3) is 0.522. The Morgan fingerprint density at radius 3 is 2.75 bits per heavy atom. The number of H-pyrrole nitrogens is 1. The van der Waals surface area contributed by atoms with Gasteiger partial charge in [-0.2, -0.15) is 0 Å². The fourth-order valence-electron chi connectivity index (χ4n) is 5.52. The topological polar surface area (TPSA) is 40.1 Å². The van der Waals surface area contributed by atoms with Gasteiger partial charge in [-0.15, -0.1) is 0 Å². The minimum atomic E-state index is 0.134. The van der Waals surface area contributed by atoms with Crippen LogP contribution in [0.15, 0.2) is 30.6 Å². The van der Waals surface area contributed by atoms with Crippen molar-refractivity contribution in [3.8, 4) is 0 Å². The van der Waals surface area contributed by atoms with Crippen LogP contribution in [0, 0.1) is 6.92 Å². The first kappa shape index (κ1) is 18.0. The number of aryl methyl sites for hydroxylation is 2. The summed E-state index contributed by atoms with van der Waals surface area (Å²) in [6.45, 7) is 10.0. The summed E-state index contributed by atoms with van der Waals surface area (Å²) in [5.74, 6) is 0. The van der Waals surface area contributed by atoms with Gasteiger partial charge in [0.1, 0.15) is 0 Å². The van der Waals surface area contributed by atoms with E-state index < -0.39 is 0 Å². The Bertz CT molecular complexity index is 990. The zero-order valence-corrected chi connectivity index (χ0v) is 17.3. The van der Waals surface area contributed by atoms with Gasteiger partial charge in [-0.25, -0.2) is 4.98 Å². The number of aromatic nitrogens is 3. The van der Waals surface area contributed by atoms with Gasteiger partial charge in [-0.05, 0) is 44.5 Å². The molecule has 2 aliphatic rings. The van der Waals surface area contributed by atoms with Crippen LogP contribution in [0.25, 0.3) is 10.9 Å². The van der Waals surface area contributed by atoms with Crippen molar-refractivity contribution >= 4 is 10.9 Å². The van der Waals surface area contributed by atoms with E-state index in [0.717, 1.165) is 39.1 Å². The normalized spacial score (nSPS) is 20.1. The monoisotopic (exact) mass is 377 g/mol. The third kappa shape index (κ3) is 2.72. The molecule has 0 saturated carbocycles. The van der Waals surface area contributed by atoms with Crippen LogP contribution in [0.2, 0.25) is 0 Å². The summed E-state index contributed by atoms with van der Waals surface area (Å²) < 4.78 is 2.37. The zero-order chi connectivity index (χ0) is 19.3. The standard InChI is InChI=1S/C23H31N5/c1-4-28-10-7-20-22(25-16-24-20)23(28)8-11-27(12-9-23)15-19-14-18-13-17(2)5-6-21(18)26(19)3/h5-6,13-14,16H,4,7-12,15H2,1-3H3,(H,24,25). The Kier molecular flexibility index (Phi) is 4.33. The van der Waals surface area contributed by atoms with E-state index in [1.807, 2.05) is 6.33 Å². The van der Waals surface area contributed by atoms with Crippen LogP contribution in [-0.4, -0.2) is 50.5 Å². The Hall–Kier alpha value is -2.11. The summed E-state index contributed by atoms with van der Waals surface area (Å²) in [5, 5.41) is 1.36. The van der Waals surface area contributed by atoms with Crippen LogP contribution >= 0.6 is 0 Å². The number of likely N-dealkylation sites (N-methyl/N-ethyl adjacent to an activating group) is 1. The summed E-state index contributed by atoms with van der Waals surface area (Å²) in [4.78, 5) is 13.5. The Morgan fingerprint density at radius 1 is 1.14 bits per heavy atom. The number of piperidine rings is 1. The minimum Gasteiger partial charge on any atom is -0.348 e. The molecule has 5 nitrogen and oxygen atoms in total. The molecule has 3 aromatic rings. The van der Waals surface area contributed by atoms with Gasteiger partial charge in [0.25, 0.3) is 0 Å². The molecule has 1 aromatic carbocycles. The SMILES string of the molecule is CCN1CCc2[nH]cnc2C12CCN(Cc1cc3cc(C)ccc3n1C)CC2. The van der Waals surface area contributed by atoms with Crippen molar-refractivity contribution in [1.82, 2.24) is 24.3 Å². The molecule has 1 saturated heterocycles. The van der Waals surface area contributed by atoms with Crippen molar-refractivity contribution in [3.63, 3.8) is 0 Å². The van der Waals surface area contributed by atoms with Crippen molar-refractivity contribution in [2.45, 2.75) is 45.2 Å². The quantitative estimate of drug-likeness (QED) is 0.758. The largest absolute Gasteiger partial charge is 0.348 e. The number of nitrogens with one attached hydrogen (secondary N) is 1. The van der Waals surface area contributed by atoms with Gasteiger partial charge < -0.3 is 9.55 Å². The second-order valence-electron chi connectivity index (χ2n) is 8.62. The first-order valence-electron chi connectivity index (χ1n) is 10.7. The molecule has 0 amide bonds. The van der Waals surface area contributed by atoms with Crippen LogP contribution in [0.1, 0.15) is 42.4 Å². The van der Waals surface area contributed by atoms with Gasteiger partial charge in [0.05, 0.1) is 17.6 Å². The molecule has 5 heteroatoms. The van der Waals surface area contributed by atoms with Crippen molar-refractivity contribution in [2.75, 3.05) is 26.2 Å². The number of nitrogens with zero attached hydrogens (tertiary/aromatic N) is 4. The van der Waals surface area contributed by atoms with Gasteiger partial charge in [-0.3, -0.25) is 9.80 Å². The number of imidazole rings is 1. The highest BCUT2D eigenvalue weighted by Crippen LogP contribution is 2.42. The average Bonchev–Trinajstić information content (AvgIpc) is 3.29. The lowest BCUT2D eigenvalue weighted by atomic mass is 9.78. The van der Waals surface area contributed by atoms with Crippen LogP contribution in [-0.2, 0) is 25.6 Å². The predicted octanol–water partition coefficient (Wildman–Crippen LogP) is 3.58. The molecule has 1 spiro atoms. The number of rotatable bonds is 3. The molecule has 0 bridgehead atoms. The summed E-state index contributed by atoms with van der Waals surface area (Å²) in [6.07, 6.45) is 5.34. The lowest BCUT2D eigenvalue weighted by Crippen LogP contribution is -2.56. The maximum absolute atomic E-state index is 4.77. The first-order valence-corrected chi connectivity index (χ1v) is 10.7. The number of fused-ring (bicyclic) bond motifs is 3. The lowest BCUT2D eigenvalue weighted by Gasteiger charge is -2.50. The average molecular weight is 378 g/mol. The smallest absolute Gasteiger partial charge is 0.0926 e. The summed E-state index contributed by atoms with van der Waals surface area (Å²) >= 11 is 0. The van der Waals surface area contributed by atoms with Crippen molar-refractivity contribution in [3.05, 3.63) is 53.2 Å². The van der Waals surface area contributed by atoms with Crippen LogP contribution in [0.5, 0.6) is 0 Å². The van der Waals surface area contributed by atoms with E-state index in [2.05, 4.69) is 64.5 Å². The highest BCUT2D eigenvalue weighted by atomic mass is 15.3. The van der Waals surface area contributed by atoms with Gasteiger partial charge in [-0.1, -0.05) is 18.6 Å². The Balaban J connectivity index is 1.36. The van der Waals surface area contributed by atoms with E-state index in [4.69, 9.17) is 4.98 Å². The van der Waals surface area contributed by atoms with Crippen LogP contribution in [0.3, 0.4) is 0 Å². The van der Waals surface area contributed by atoms with Crippen LogP contribution in [0.4, 0.5) is 0 Å². The molecule has 1 N–H and O–H groups in total. The molecule has 2 aliphatic heterocycles. The number of hydrogen-bond acceptors (Lipinski definition) is 3. The number of hydrogen-bond donors (Lipinski definition) is 1. The zero-order valence-electron chi connectivity index (χ0n) is 17.3. The number of aromatic amines is 1. The van der Waals surface area contributed by atoms with E-state index in [-0.39, 0.29) is 5.54 Å².